The van der Waals surface area contributed by atoms with E-state index in [1.165, 1.54) is 10.9 Å². The molecule has 0 amide bonds. The molecule has 4 rings (SSSR count). The number of H-pyrrole nitrogens is 1. The molecule has 4 nitrogen and oxygen atoms in total. The number of fused-ring (bicyclic) bond motifs is 1. The summed E-state index contributed by atoms with van der Waals surface area (Å²) in [6.45, 7) is 3.86. The van der Waals surface area contributed by atoms with E-state index in [4.69, 9.17) is 0 Å². The number of rotatable bonds is 5. The first-order valence-electron chi connectivity index (χ1n) is 8.90. The number of benzene rings is 2. The van der Waals surface area contributed by atoms with Gasteiger partial charge in [-0.15, -0.1) is 0 Å². The Bertz CT molecular complexity index is 819. The van der Waals surface area contributed by atoms with Crippen molar-refractivity contribution in [3.8, 4) is 0 Å². The second-order valence-electron chi connectivity index (χ2n) is 6.78. The molecule has 0 saturated carbocycles. The summed E-state index contributed by atoms with van der Waals surface area (Å²) in [6, 6.07) is 15.6. The molecule has 2 aromatic carbocycles. The molecule has 0 bridgehead atoms. The fourth-order valence-electron chi connectivity index (χ4n) is 3.54. The van der Waals surface area contributed by atoms with Crippen molar-refractivity contribution >= 4 is 10.9 Å². The van der Waals surface area contributed by atoms with E-state index in [9.17, 15) is 4.39 Å². The standard InChI is InChI=1S/C20H23FN4/c21-16-7-5-15(6-8-16)14-25-11-9-17(10-12-25)22-13-20-18-3-1-2-4-19(18)23-24-20/h1-8,17,22H,9-14H2,(H,23,24). The number of piperidine rings is 1. The predicted octanol–water partition coefficient (Wildman–Crippen LogP) is 3.46. The van der Waals surface area contributed by atoms with Crippen LogP contribution in [0.5, 0.6) is 0 Å². The average molecular weight is 338 g/mol. The van der Waals surface area contributed by atoms with Crippen LogP contribution in [0.3, 0.4) is 0 Å². The van der Waals surface area contributed by atoms with Crippen molar-refractivity contribution in [1.82, 2.24) is 20.4 Å². The molecule has 0 unspecified atom stereocenters. The molecule has 5 heteroatoms. The lowest BCUT2D eigenvalue weighted by Crippen LogP contribution is -2.41. The van der Waals surface area contributed by atoms with E-state index in [-0.39, 0.29) is 5.82 Å². The highest BCUT2D eigenvalue weighted by molar-refractivity contribution is 5.81. The van der Waals surface area contributed by atoms with Gasteiger partial charge in [0.25, 0.3) is 0 Å². The highest BCUT2D eigenvalue weighted by Gasteiger charge is 2.19. The van der Waals surface area contributed by atoms with Crippen LogP contribution in [-0.4, -0.2) is 34.2 Å². The number of hydrogen-bond acceptors (Lipinski definition) is 3. The number of halogens is 1. The predicted molar refractivity (Wildman–Crippen MR) is 97.6 cm³/mol. The normalized spacial score (nSPS) is 16.5. The van der Waals surface area contributed by atoms with E-state index >= 15 is 0 Å². The lowest BCUT2D eigenvalue weighted by atomic mass is 10.0. The summed E-state index contributed by atoms with van der Waals surface area (Å²) in [5, 5.41) is 12.4. The Balaban J connectivity index is 1.27. The summed E-state index contributed by atoms with van der Waals surface area (Å²) in [5.74, 6) is -0.169. The maximum absolute atomic E-state index is 13.0. The molecule has 25 heavy (non-hydrogen) atoms. The molecular weight excluding hydrogens is 315 g/mol. The van der Waals surface area contributed by atoms with Crippen molar-refractivity contribution in [2.45, 2.75) is 32.0 Å². The first-order valence-corrected chi connectivity index (χ1v) is 8.90. The molecule has 0 spiro atoms. The molecule has 1 aliphatic rings. The molecule has 0 radical (unpaired) electrons. The van der Waals surface area contributed by atoms with Crippen LogP contribution in [0.2, 0.25) is 0 Å². The summed E-state index contributed by atoms with van der Waals surface area (Å²) < 4.78 is 13.0. The Morgan fingerprint density at radius 1 is 1.08 bits per heavy atom. The highest BCUT2D eigenvalue weighted by atomic mass is 19.1. The van der Waals surface area contributed by atoms with E-state index < -0.39 is 0 Å². The Kier molecular flexibility index (Phi) is 4.76. The summed E-state index contributed by atoms with van der Waals surface area (Å²) in [5.41, 5.74) is 3.36. The second-order valence-corrected chi connectivity index (χ2v) is 6.78. The Morgan fingerprint density at radius 3 is 2.64 bits per heavy atom. The van der Waals surface area contributed by atoms with Gasteiger partial charge < -0.3 is 5.32 Å². The Hall–Kier alpha value is -2.24. The number of hydrogen-bond donors (Lipinski definition) is 2. The van der Waals surface area contributed by atoms with Crippen LogP contribution in [-0.2, 0) is 13.1 Å². The molecule has 2 N–H and O–H groups in total. The lowest BCUT2D eigenvalue weighted by Gasteiger charge is -2.32. The molecular formula is C20H23FN4. The van der Waals surface area contributed by atoms with Crippen LogP contribution in [0.15, 0.2) is 48.5 Å². The molecule has 1 aliphatic heterocycles. The van der Waals surface area contributed by atoms with Gasteiger partial charge in [0.2, 0.25) is 0 Å². The minimum atomic E-state index is -0.169. The van der Waals surface area contributed by atoms with Crippen LogP contribution in [0, 0.1) is 5.82 Å². The minimum absolute atomic E-state index is 0.169. The van der Waals surface area contributed by atoms with Gasteiger partial charge in [-0.2, -0.15) is 5.10 Å². The molecule has 130 valence electrons. The Labute approximate surface area is 147 Å². The summed E-state index contributed by atoms with van der Waals surface area (Å²) in [4.78, 5) is 2.44. The van der Waals surface area contributed by atoms with Gasteiger partial charge >= 0.3 is 0 Å². The van der Waals surface area contributed by atoms with Crippen molar-refractivity contribution in [2.75, 3.05) is 13.1 Å². The van der Waals surface area contributed by atoms with Crippen molar-refractivity contribution < 1.29 is 4.39 Å². The maximum Gasteiger partial charge on any atom is 0.123 e. The zero-order valence-corrected chi connectivity index (χ0v) is 14.2. The molecule has 2 heterocycles. The smallest absolute Gasteiger partial charge is 0.123 e. The summed E-state index contributed by atoms with van der Waals surface area (Å²) in [7, 11) is 0. The van der Waals surface area contributed by atoms with Gasteiger partial charge in [0.05, 0.1) is 11.2 Å². The third kappa shape index (κ3) is 3.89. The third-order valence-electron chi connectivity index (χ3n) is 5.02. The first-order chi connectivity index (χ1) is 12.3. The monoisotopic (exact) mass is 338 g/mol. The summed E-state index contributed by atoms with van der Waals surface area (Å²) in [6.07, 6.45) is 2.26. The van der Waals surface area contributed by atoms with Crippen molar-refractivity contribution in [3.63, 3.8) is 0 Å². The van der Waals surface area contributed by atoms with Crippen molar-refractivity contribution in [1.29, 1.82) is 0 Å². The van der Waals surface area contributed by atoms with E-state index in [2.05, 4.69) is 32.5 Å². The molecule has 1 saturated heterocycles. The topological polar surface area (TPSA) is 44.0 Å². The van der Waals surface area contributed by atoms with Gasteiger partial charge in [-0.05, 0) is 49.7 Å². The van der Waals surface area contributed by atoms with E-state index in [0.717, 1.165) is 50.2 Å². The zero-order valence-electron chi connectivity index (χ0n) is 14.2. The fourth-order valence-corrected chi connectivity index (χ4v) is 3.54. The quantitative estimate of drug-likeness (QED) is 0.749. The number of para-hydroxylation sites is 1. The van der Waals surface area contributed by atoms with Crippen LogP contribution in [0.1, 0.15) is 24.1 Å². The zero-order chi connectivity index (χ0) is 17.1. The summed E-state index contributed by atoms with van der Waals surface area (Å²) >= 11 is 0. The van der Waals surface area contributed by atoms with Crippen LogP contribution in [0.25, 0.3) is 10.9 Å². The SMILES string of the molecule is Fc1ccc(CN2CCC(NCc3[nH]nc4ccccc34)CC2)cc1. The van der Waals surface area contributed by atoms with Gasteiger partial charge in [-0.3, -0.25) is 10.00 Å². The molecule has 3 aromatic rings. The van der Waals surface area contributed by atoms with Crippen LogP contribution >= 0.6 is 0 Å². The maximum atomic E-state index is 13.0. The molecule has 0 aliphatic carbocycles. The molecule has 1 fully saturated rings. The number of aromatic nitrogens is 2. The van der Waals surface area contributed by atoms with Crippen LogP contribution in [0.4, 0.5) is 4.39 Å². The number of likely N-dealkylation sites (tertiary alicyclic amines) is 1. The fraction of sp³-hybridized carbons (Fsp3) is 0.350. The number of nitrogens with zero attached hydrogens (tertiary/aromatic N) is 2. The van der Waals surface area contributed by atoms with Crippen molar-refractivity contribution in [2.24, 2.45) is 0 Å². The van der Waals surface area contributed by atoms with E-state index in [1.54, 1.807) is 12.1 Å². The van der Waals surface area contributed by atoms with Crippen LogP contribution < -0.4 is 5.32 Å². The molecule has 1 aromatic heterocycles. The number of aromatic amines is 1. The van der Waals surface area contributed by atoms with Gasteiger partial charge in [-0.25, -0.2) is 4.39 Å². The first kappa shape index (κ1) is 16.2. The average Bonchev–Trinajstić information content (AvgIpc) is 3.06. The minimum Gasteiger partial charge on any atom is -0.308 e. The van der Waals surface area contributed by atoms with E-state index in [1.807, 2.05) is 24.3 Å². The van der Waals surface area contributed by atoms with Gasteiger partial charge in [0, 0.05) is 24.5 Å². The molecule has 0 atom stereocenters. The third-order valence-corrected chi connectivity index (χ3v) is 5.02. The van der Waals surface area contributed by atoms with Gasteiger partial charge in [0.1, 0.15) is 5.82 Å². The number of nitrogens with one attached hydrogen (secondary N) is 2. The highest BCUT2D eigenvalue weighted by Crippen LogP contribution is 2.17. The van der Waals surface area contributed by atoms with E-state index in [0.29, 0.717) is 6.04 Å². The Morgan fingerprint density at radius 2 is 1.84 bits per heavy atom. The largest absolute Gasteiger partial charge is 0.308 e. The second kappa shape index (κ2) is 7.33. The van der Waals surface area contributed by atoms with Crippen molar-refractivity contribution in [3.05, 3.63) is 65.6 Å². The lowest BCUT2D eigenvalue weighted by molar-refractivity contribution is 0.190. The van der Waals surface area contributed by atoms with Gasteiger partial charge in [0.15, 0.2) is 0 Å². The van der Waals surface area contributed by atoms with Gasteiger partial charge in [-0.1, -0.05) is 30.3 Å².